The Hall–Kier alpha value is -2.49. The van der Waals surface area contributed by atoms with Gasteiger partial charge >= 0.3 is 11.9 Å². The van der Waals surface area contributed by atoms with E-state index in [0.29, 0.717) is 36.3 Å². The highest BCUT2D eigenvalue weighted by Crippen LogP contribution is 2.36. The van der Waals surface area contributed by atoms with Crippen molar-refractivity contribution in [3.63, 3.8) is 0 Å². The first-order valence-electron chi connectivity index (χ1n) is 10.3. The number of carbonyl (C=O) groups is 1. The normalized spacial score (nSPS) is 12.1. The third-order valence-electron chi connectivity index (χ3n) is 5.57. The van der Waals surface area contributed by atoms with E-state index in [9.17, 15) is 22.8 Å². The number of alkyl halides is 3. The monoisotopic (exact) mass is 502 g/mol. The van der Waals surface area contributed by atoms with Gasteiger partial charge in [-0.2, -0.15) is 13.2 Å². The molecule has 0 radical (unpaired) electrons. The minimum Gasteiger partial charge on any atom is -0.366 e. The molecule has 3 aromatic rings. The fraction of sp³-hybridized carbons (Fsp3) is 0.364. The molecule has 0 bridgehead atoms. The van der Waals surface area contributed by atoms with Crippen LogP contribution >= 0.6 is 23.2 Å². The maximum atomic E-state index is 14.1. The van der Waals surface area contributed by atoms with E-state index >= 15 is 0 Å². The van der Waals surface area contributed by atoms with Crippen LogP contribution in [-0.2, 0) is 19.3 Å². The van der Waals surface area contributed by atoms with Crippen LogP contribution in [0.15, 0.2) is 35.1 Å². The number of halogens is 5. The summed E-state index contributed by atoms with van der Waals surface area (Å²) in [4.78, 5) is 27.2. The zero-order valence-corrected chi connectivity index (χ0v) is 19.6. The molecule has 2 N–H and O–H groups in total. The van der Waals surface area contributed by atoms with Gasteiger partial charge in [0.25, 0.3) is 0 Å². The van der Waals surface area contributed by atoms with Crippen molar-refractivity contribution in [2.24, 2.45) is 5.73 Å². The average Bonchev–Trinajstić information content (AvgIpc) is 3.01. The number of nitrogens with zero attached hydrogens (tertiary/aromatic N) is 3. The summed E-state index contributed by atoms with van der Waals surface area (Å²) in [7, 11) is 0. The fourth-order valence-corrected chi connectivity index (χ4v) is 4.16. The highest BCUT2D eigenvalue weighted by molar-refractivity contribution is 6.33. The highest BCUT2D eigenvalue weighted by atomic mass is 35.5. The number of benzene rings is 2. The minimum atomic E-state index is -4.83. The molecular formula is C22H23Cl2F3N4O2. The molecule has 0 spiro atoms. The third-order valence-corrected chi connectivity index (χ3v) is 6.18. The smallest absolute Gasteiger partial charge is 0.366 e. The summed E-state index contributed by atoms with van der Waals surface area (Å²) in [6.45, 7) is 5.66. The molecule has 6 nitrogen and oxygen atoms in total. The topological polar surface area (TPSA) is 73.3 Å². The standard InChI is InChI=1S/C22H23Cl2F3N4O2/c1-3-29(4-2)7-8-30-18-11-13(20(28)32)10-16(22(25,26)27)19(18)31(21(30)33)12-14-9-15(23)5-6-17(14)24/h5-6,9-11H,3-4,7-8,12H2,1-2H3,(H2,28,32). The van der Waals surface area contributed by atoms with Crippen molar-refractivity contribution < 1.29 is 18.0 Å². The largest absolute Gasteiger partial charge is 0.418 e. The van der Waals surface area contributed by atoms with Gasteiger partial charge in [0.2, 0.25) is 5.91 Å². The molecule has 0 atom stereocenters. The summed E-state index contributed by atoms with van der Waals surface area (Å²) in [5, 5.41) is 0.595. The van der Waals surface area contributed by atoms with Crippen LogP contribution in [0.25, 0.3) is 11.0 Å². The number of carbonyl (C=O) groups excluding carboxylic acids is 1. The Morgan fingerprint density at radius 3 is 2.33 bits per heavy atom. The summed E-state index contributed by atoms with van der Waals surface area (Å²) >= 11 is 12.3. The molecule has 3 rings (SSSR count). The second kappa shape index (κ2) is 9.79. The third kappa shape index (κ3) is 5.20. The summed E-state index contributed by atoms with van der Waals surface area (Å²) in [6.07, 6.45) is -4.83. The molecular weight excluding hydrogens is 480 g/mol. The number of amides is 1. The SMILES string of the molecule is CCN(CC)CCn1c(=O)n(Cc2cc(Cl)ccc2Cl)c2c(C(F)(F)F)cc(C(N)=O)cc21. The van der Waals surface area contributed by atoms with Crippen LogP contribution in [0.5, 0.6) is 0 Å². The van der Waals surface area contributed by atoms with E-state index in [2.05, 4.69) is 0 Å². The van der Waals surface area contributed by atoms with E-state index in [4.69, 9.17) is 28.9 Å². The molecule has 0 saturated carbocycles. The molecule has 1 heterocycles. The predicted molar refractivity (Wildman–Crippen MR) is 123 cm³/mol. The second-order valence-electron chi connectivity index (χ2n) is 7.54. The predicted octanol–water partition coefficient (Wildman–Crippen LogP) is 4.62. The zero-order valence-electron chi connectivity index (χ0n) is 18.0. The Labute approximate surface area is 198 Å². The number of aromatic nitrogens is 2. The lowest BCUT2D eigenvalue weighted by molar-refractivity contribution is -0.136. The van der Waals surface area contributed by atoms with Crippen LogP contribution in [0.2, 0.25) is 10.0 Å². The van der Waals surface area contributed by atoms with Crippen LogP contribution in [-0.4, -0.2) is 39.6 Å². The van der Waals surface area contributed by atoms with Crippen LogP contribution < -0.4 is 11.4 Å². The van der Waals surface area contributed by atoms with Crippen molar-refractivity contribution in [1.82, 2.24) is 14.0 Å². The van der Waals surface area contributed by atoms with E-state index in [1.165, 1.54) is 22.8 Å². The minimum absolute atomic E-state index is 0.0195. The lowest BCUT2D eigenvalue weighted by atomic mass is 10.1. The fourth-order valence-electron chi connectivity index (χ4n) is 3.79. The van der Waals surface area contributed by atoms with Crippen molar-refractivity contribution in [1.29, 1.82) is 0 Å². The Bertz CT molecular complexity index is 1250. The molecule has 1 aromatic heterocycles. The number of imidazole rings is 1. The van der Waals surface area contributed by atoms with Gasteiger partial charge in [0.05, 0.1) is 23.1 Å². The van der Waals surface area contributed by atoms with Crippen LogP contribution in [0.3, 0.4) is 0 Å². The first-order chi connectivity index (χ1) is 15.5. The quantitative estimate of drug-likeness (QED) is 0.488. The van der Waals surface area contributed by atoms with Gasteiger partial charge in [0.15, 0.2) is 0 Å². The first kappa shape index (κ1) is 25.1. The molecule has 0 unspecified atom stereocenters. The number of nitrogens with two attached hydrogens (primary N) is 1. The molecule has 0 fully saturated rings. The zero-order chi connectivity index (χ0) is 24.5. The van der Waals surface area contributed by atoms with Gasteiger partial charge in [-0.05, 0) is 49.0 Å². The van der Waals surface area contributed by atoms with Crippen LogP contribution in [0.1, 0.15) is 35.3 Å². The van der Waals surface area contributed by atoms with E-state index in [-0.39, 0.29) is 34.7 Å². The summed E-state index contributed by atoms with van der Waals surface area (Å²) in [6, 6.07) is 6.46. The molecule has 11 heteroatoms. The average molecular weight is 503 g/mol. The number of primary amides is 1. The Morgan fingerprint density at radius 2 is 1.76 bits per heavy atom. The Balaban J connectivity index is 2.32. The number of hydrogen-bond donors (Lipinski definition) is 1. The number of likely N-dealkylation sites (N-methyl/N-ethyl adjacent to an activating group) is 1. The molecule has 0 saturated heterocycles. The molecule has 33 heavy (non-hydrogen) atoms. The highest BCUT2D eigenvalue weighted by Gasteiger charge is 2.36. The van der Waals surface area contributed by atoms with E-state index in [1.807, 2.05) is 18.7 Å². The van der Waals surface area contributed by atoms with E-state index in [1.54, 1.807) is 6.07 Å². The van der Waals surface area contributed by atoms with E-state index < -0.39 is 23.3 Å². The second-order valence-corrected chi connectivity index (χ2v) is 8.38. The van der Waals surface area contributed by atoms with Gasteiger partial charge in [0.1, 0.15) is 0 Å². The maximum absolute atomic E-state index is 14.1. The number of fused-ring (bicyclic) bond motifs is 1. The molecule has 178 valence electrons. The summed E-state index contributed by atoms with van der Waals surface area (Å²) in [5.74, 6) is -1.02. The van der Waals surface area contributed by atoms with Crippen molar-refractivity contribution in [3.05, 3.63) is 67.6 Å². The van der Waals surface area contributed by atoms with Gasteiger partial charge in [-0.15, -0.1) is 0 Å². The maximum Gasteiger partial charge on any atom is 0.418 e. The van der Waals surface area contributed by atoms with Gasteiger partial charge in [-0.25, -0.2) is 4.79 Å². The Kier molecular flexibility index (Phi) is 7.45. The lowest BCUT2D eigenvalue weighted by Gasteiger charge is -2.18. The summed E-state index contributed by atoms with van der Waals surface area (Å²) in [5.41, 5.74) is 3.23. The molecule has 2 aromatic carbocycles. The number of hydrogen-bond acceptors (Lipinski definition) is 3. The van der Waals surface area contributed by atoms with Crippen molar-refractivity contribution in [3.8, 4) is 0 Å². The lowest BCUT2D eigenvalue weighted by Crippen LogP contribution is -2.32. The van der Waals surface area contributed by atoms with Gasteiger partial charge in [0, 0.05) is 28.7 Å². The van der Waals surface area contributed by atoms with E-state index in [0.717, 1.165) is 4.57 Å². The van der Waals surface area contributed by atoms with Crippen LogP contribution in [0.4, 0.5) is 13.2 Å². The van der Waals surface area contributed by atoms with Crippen molar-refractivity contribution in [2.75, 3.05) is 19.6 Å². The van der Waals surface area contributed by atoms with Crippen LogP contribution in [0, 0.1) is 0 Å². The van der Waals surface area contributed by atoms with Crippen molar-refractivity contribution in [2.45, 2.75) is 33.1 Å². The van der Waals surface area contributed by atoms with Gasteiger partial charge in [-0.1, -0.05) is 37.0 Å². The van der Waals surface area contributed by atoms with Crippen molar-refractivity contribution >= 4 is 40.1 Å². The Morgan fingerprint density at radius 1 is 1.09 bits per heavy atom. The molecule has 0 aliphatic carbocycles. The molecule has 1 amide bonds. The summed E-state index contributed by atoms with van der Waals surface area (Å²) < 4.78 is 44.4. The van der Waals surface area contributed by atoms with Gasteiger partial charge < -0.3 is 10.6 Å². The number of rotatable bonds is 8. The van der Waals surface area contributed by atoms with Gasteiger partial charge in [-0.3, -0.25) is 13.9 Å². The first-order valence-corrected chi connectivity index (χ1v) is 11.0. The molecule has 0 aliphatic rings. The molecule has 0 aliphatic heterocycles.